The van der Waals surface area contributed by atoms with Crippen molar-refractivity contribution in [3.05, 3.63) is 58.1 Å². The summed E-state index contributed by atoms with van der Waals surface area (Å²) in [5.41, 5.74) is 1.70. The SMILES string of the molecule is COC(=O)C1(C(=O)OC)Oc2ccc(CC(C)NCC(O)c3ccccc3Br)cc2O1. The van der Waals surface area contributed by atoms with Crippen molar-refractivity contribution in [3.8, 4) is 11.5 Å². The van der Waals surface area contributed by atoms with Crippen molar-refractivity contribution in [2.24, 2.45) is 0 Å². The van der Waals surface area contributed by atoms with Gasteiger partial charge in [-0.25, -0.2) is 9.59 Å². The van der Waals surface area contributed by atoms with Gasteiger partial charge in [-0.3, -0.25) is 0 Å². The van der Waals surface area contributed by atoms with Crippen LogP contribution < -0.4 is 14.8 Å². The van der Waals surface area contributed by atoms with Gasteiger partial charge < -0.3 is 29.4 Å². The summed E-state index contributed by atoms with van der Waals surface area (Å²) in [6.45, 7) is 2.37. The summed E-state index contributed by atoms with van der Waals surface area (Å²) in [6, 6.07) is 12.7. The summed E-state index contributed by atoms with van der Waals surface area (Å²) < 4.78 is 21.2. The number of rotatable bonds is 8. The van der Waals surface area contributed by atoms with E-state index in [9.17, 15) is 14.7 Å². The first-order valence-electron chi connectivity index (χ1n) is 9.64. The number of methoxy groups -OCH3 is 2. The van der Waals surface area contributed by atoms with Crippen LogP contribution in [0.5, 0.6) is 11.5 Å². The molecule has 2 aromatic carbocycles. The quantitative estimate of drug-likeness (QED) is 0.427. The molecule has 0 fully saturated rings. The molecule has 0 amide bonds. The van der Waals surface area contributed by atoms with Crippen molar-refractivity contribution in [2.45, 2.75) is 31.3 Å². The van der Waals surface area contributed by atoms with Gasteiger partial charge in [0, 0.05) is 17.1 Å². The third-order valence-corrected chi connectivity index (χ3v) is 5.61. The van der Waals surface area contributed by atoms with Gasteiger partial charge in [-0.1, -0.05) is 40.2 Å². The molecule has 0 saturated carbocycles. The zero-order valence-electron chi connectivity index (χ0n) is 17.4. The Hall–Kier alpha value is -2.62. The molecule has 2 unspecified atom stereocenters. The summed E-state index contributed by atoms with van der Waals surface area (Å²) in [7, 11) is 2.26. The monoisotopic (exact) mass is 493 g/mol. The molecular formula is C22H24BrNO7. The summed E-state index contributed by atoms with van der Waals surface area (Å²) in [5, 5.41) is 13.7. The van der Waals surface area contributed by atoms with Crippen LogP contribution in [0.3, 0.4) is 0 Å². The van der Waals surface area contributed by atoms with Gasteiger partial charge in [-0.15, -0.1) is 0 Å². The van der Waals surface area contributed by atoms with Crippen LogP contribution in [0.15, 0.2) is 46.9 Å². The number of nitrogens with one attached hydrogen (secondary N) is 1. The van der Waals surface area contributed by atoms with Crippen LogP contribution in [0.25, 0.3) is 0 Å². The first-order valence-corrected chi connectivity index (χ1v) is 10.4. The van der Waals surface area contributed by atoms with E-state index in [1.54, 1.807) is 12.1 Å². The number of ether oxygens (including phenoxy) is 4. The minimum absolute atomic E-state index is 0.0310. The zero-order chi connectivity index (χ0) is 22.6. The lowest BCUT2D eigenvalue weighted by molar-refractivity contribution is -0.199. The fraction of sp³-hybridized carbons (Fsp3) is 0.364. The Kier molecular flexibility index (Phi) is 7.19. The average Bonchev–Trinajstić information content (AvgIpc) is 3.16. The standard InChI is InChI=1S/C22H24BrNO7/c1-13(24-12-17(25)15-6-4-5-7-16(15)23)10-14-8-9-18-19(11-14)31-22(30-18,20(26)28-2)21(27)29-3/h4-9,11,13,17,24-25H,10,12H2,1-3H3. The normalized spacial score (nSPS) is 15.8. The van der Waals surface area contributed by atoms with Gasteiger partial charge in [-0.05, 0) is 42.7 Å². The molecule has 0 radical (unpaired) electrons. The third kappa shape index (κ3) is 4.84. The molecule has 0 aromatic heterocycles. The predicted molar refractivity (Wildman–Crippen MR) is 115 cm³/mol. The second-order valence-electron chi connectivity index (χ2n) is 7.14. The highest BCUT2D eigenvalue weighted by Gasteiger charge is 2.59. The Morgan fingerprint density at radius 3 is 2.39 bits per heavy atom. The molecule has 0 bridgehead atoms. The molecule has 2 aromatic rings. The number of halogens is 1. The number of hydrogen-bond donors (Lipinski definition) is 2. The summed E-state index contributed by atoms with van der Waals surface area (Å²) in [5.74, 6) is -3.83. The van der Waals surface area contributed by atoms with E-state index in [1.807, 2.05) is 37.3 Å². The number of aliphatic hydroxyl groups is 1. The van der Waals surface area contributed by atoms with Crippen LogP contribution >= 0.6 is 15.9 Å². The topological polar surface area (TPSA) is 103 Å². The average molecular weight is 494 g/mol. The lowest BCUT2D eigenvalue weighted by Gasteiger charge is -2.21. The van der Waals surface area contributed by atoms with Gasteiger partial charge in [0.25, 0.3) is 0 Å². The van der Waals surface area contributed by atoms with E-state index in [-0.39, 0.29) is 17.5 Å². The Morgan fingerprint density at radius 2 is 1.74 bits per heavy atom. The van der Waals surface area contributed by atoms with Crippen molar-refractivity contribution in [1.82, 2.24) is 5.32 Å². The predicted octanol–water partition coefficient (Wildman–Crippen LogP) is 2.52. The molecule has 3 rings (SSSR count). The lowest BCUT2D eigenvalue weighted by atomic mass is 10.1. The Morgan fingerprint density at radius 1 is 1.10 bits per heavy atom. The van der Waals surface area contributed by atoms with Gasteiger partial charge in [0.1, 0.15) is 0 Å². The second kappa shape index (κ2) is 9.67. The summed E-state index contributed by atoms with van der Waals surface area (Å²) in [4.78, 5) is 24.3. The zero-order valence-corrected chi connectivity index (χ0v) is 19.0. The first-order chi connectivity index (χ1) is 14.8. The Balaban J connectivity index is 1.64. The van der Waals surface area contributed by atoms with Gasteiger partial charge in [-0.2, -0.15) is 0 Å². The van der Waals surface area contributed by atoms with Crippen molar-refractivity contribution >= 4 is 27.9 Å². The van der Waals surface area contributed by atoms with Crippen LogP contribution in [-0.2, 0) is 25.5 Å². The molecule has 1 aliphatic heterocycles. The molecule has 8 nitrogen and oxygen atoms in total. The van der Waals surface area contributed by atoms with Crippen LogP contribution in [0.4, 0.5) is 0 Å². The van der Waals surface area contributed by atoms with Gasteiger partial charge in [0.2, 0.25) is 0 Å². The van der Waals surface area contributed by atoms with Crippen molar-refractivity contribution < 1.29 is 33.6 Å². The van der Waals surface area contributed by atoms with Crippen LogP contribution in [0.1, 0.15) is 24.2 Å². The summed E-state index contributed by atoms with van der Waals surface area (Å²) >= 11 is 3.45. The maximum atomic E-state index is 12.1. The molecule has 0 saturated heterocycles. The van der Waals surface area contributed by atoms with E-state index in [2.05, 4.69) is 30.7 Å². The highest BCUT2D eigenvalue weighted by Crippen LogP contribution is 2.41. The number of esters is 2. The molecule has 1 heterocycles. The van der Waals surface area contributed by atoms with Crippen molar-refractivity contribution in [3.63, 3.8) is 0 Å². The minimum atomic E-state index is -2.30. The summed E-state index contributed by atoms with van der Waals surface area (Å²) in [6.07, 6.45) is -0.0431. The van der Waals surface area contributed by atoms with E-state index >= 15 is 0 Å². The smallest absolute Gasteiger partial charge is 0.453 e. The molecule has 9 heteroatoms. The van der Waals surface area contributed by atoms with Crippen molar-refractivity contribution in [2.75, 3.05) is 20.8 Å². The van der Waals surface area contributed by atoms with E-state index in [0.717, 1.165) is 29.8 Å². The third-order valence-electron chi connectivity index (χ3n) is 4.89. The number of carbonyl (C=O) groups is 2. The maximum absolute atomic E-state index is 12.1. The van der Waals surface area contributed by atoms with E-state index < -0.39 is 23.8 Å². The van der Waals surface area contributed by atoms with Crippen LogP contribution in [-0.4, -0.2) is 49.6 Å². The van der Waals surface area contributed by atoms with Crippen LogP contribution in [0.2, 0.25) is 0 Å². The molecule has 2 N–H and O–H groups in total. The lowest BCUT2D eigenvalue weighted by Crippen LogP contribution is -2.55. The highest BCUT2D eigenvalue weighted by atomic mass is 79.9. The molecule has 166 valence electrons. The number of aliphatic hydroxyl groups excluding tert-OH is 1. The first kappa shape index (κ1) is 23.1. The fourth-order valence-electron chi connectivity index (χ4n) is 3.29. The number of fused-ring (bicyclic) bond motifs is 1. The number of carbonyl (C=O) groups excluding carboxylic acids is 2. The molecule has 0 aliphatic carbocycles. The van der Waals surface area contributed by atoms with Gasteiger partial charge in [0.05, 0.1) is 20.3 Å². The molecule has 31 heavy (non-hydrogen) atoms. The van der Waals surface area contributed by atoms with Crippen molar-refractivity contribution in [1.29, 1.82) is 0 Å². The Bertz CT molecular complexity index is 949. The number of hydrogen-bond acceptors (Lipinski definition) is 8. The van der Waals surface area contributed by atoms with Gasteiger partial charge in [0.15, 0.2) is 11.5 Å². The van der Waals surface area contributed by atoms with E-state index in [4.69, 9.17) is 9.47 Å². The van der Waals surface area contributed by atoms with E-state index in [1.165, 1.54) is 0 Å². The second-order valence-corrected chi connectivity index (χ2v) is 7.99. The number of benzene rings is 2. The van der Waals surface area contributed by atoms with E-state index in [0.29, 0.717) is 13.0 Å². The molecule has 2 atom stereocenters. The molecule has 1 aliphatic rings. The van der Waals surface area contributed by atoms with Gasteiger partial charge >= 0.3 is 17.7 Å². The molecular weight excluding hydrogens is 470 g/mol. The minimum Gasteiger partial charge on any atom is -0.463 e. The maximum Gasteiger partial charge on any atom is 0.453 e. The fourth-order valence-corrected chi connectivity index (χ4v) is 3.84. The Labute approximate surface area is 188 Å². The molecule has 0 spiro atoms. The highest BCUT2D eigenvalue weighted by molar-refractivity contribution is 9.10. The largest absolute Gasteiger partial charge is 0.463 e. The van der Waals surface area contributed by atoms with Crippen LogP contribution in [0, 0.1) is 0 Å².